The Morgan fingerprint density at radius 1 is 1.10 bits per heavy atom. The lowest BCUT2D eigenvalue weighted by Crippen LogP contribution is -2.00. The predicted octanol–water partition coefficient (Wildman–Crippen LogP) is 3.76. The van der Waals surface area contributed by atoms with E-state index in [0.717, 1.165) is 39.0 Å². The molecule has 0 unspecified atom stereocenters. The van der Waals surface area contributed by atoms with Crippen molar-refractivity contribution >= 4 is 33.1 Å². The summed E-state index contributed by atoms with van der Waals surface area (Å²) in [7, 11) is 3.27. The molecule has 0 aliphatic heterocycles. The van der Waals surface area contributed by atoms with Gasteiger partial charge in [-0.1, -0.05) is 0 Å². The molecule has 1 aromatic carbocycles. The highest BCUT2D eigenvalue weighted by molar-refractivity contribution is 7.16. The van der Waals surface area contributed by atoms with Crippen LogP contribution >= 0.6 is 11.3 Å². The van der Waals surface area contributed by atoms with E-state index in [9.17, 15) is 0 Å². The third kappa shape index (κ3) is 2.62. The van der Waals surface area contributed by atoms with Gasteiger partial charge >= 0.3 is 0 Å². The zero-order valence-electron chi connectivity index (χ0n) is 12.0. The lowest BCUT2D eigenvalue weighted by Gasteiger charge is -2.13. The summed E-state index contributed by atoms with van der Waals surface area (Å²) in [5, 5.41) is 6.32. The van der Waals surface area contributed by atoms with Gasteiger partial charge in [0.1, 0.15) is 28.0 Å². The minimum Gasteiger partial charge on any atom is -0.497 e. The summed E-state index contributed by atoms with van der Waals surface area (Å²) in [6, 6.07) is 7.61. The lowest BCUT2D eigenvalue weighted by atomic mass is 10.2. The molecule has 2 heterocycles. The molecular weight excluding hydrogens is 286 g/mol. The summed E-state index contributed by atoms with van der Waals surface area (Å²) >= 11 is 1.60. The van der Waals surface area contributed by atoms with E-state index in [1.807, 2.05) is 36.6 Å². The number of hydrogen-bond donors (Lipinski definition) is 1. The Labute approximate surface area is 126 Å². The Morgan fingerprint density at radius 3 is 2.71 bits per heavy atom. The zero-order chi connectivity index (χ0) is 14.8. The van der Waals surface area contributed by atoms with Crippen molar-refractivity contribution in [3.05, 3.63) is 35.5 Å². The summed E-state index contributed by atoms with van der Waals surface area (Å²) in [5.41, 5.74) is 0.808. The molecule has 0 saturated carbocycles. The molecule has 21 heavy (non-hydrogen) atoms. The van der Waals surface area contributed by atoms with Crippen molar-refractivity contribution in [1.82, 2.24) is 9.97 Å². The molecule has 3 aromatic rings. The average molecular weight is 301 g/mol. The highest BCUT2D eigenvalue weighted by atomic mass is 32.1. The SMILES string of the molecule is COc1ccc(OC)c(Nc2nc(C)nc3sccc23)c1. The number of aromatic nitrogens is 2. The molecule has 0 radical (unpaired) electrons. The maximum Gasteiger partial charge on any atom is 0.143 e. The number of rotatable bonds is 4. The predicted molar refractivity (Wildman–Crippen MR) is 85.0 cm³/mol. The quantitative estimate of drug-likeness (QED) is 0.795. The molecule has 0 spiro atoms. The molecule has 3 rings (SSSR count). The van der Waals surface area contributed by atoms with E-state index in [4.69, 9.17) is 9.47 Å². The third-order valence-electron chi connectivity index (χ3n) is 3.10. The molecule has 0 saturated heterocycles. The normalized spacial score (nSPS) is 10.6. The number of methoxy groups -OCH3 is 2. The number of nitrogens with one attached hydrogen (secondary N) is 1. The van der Waals surface area contributed by atoms with Crippen molar-refractivity contribution in [2.45, 2.75) is 6.92 Å². The molecule has 0 aliphatic rings. The molecule has 0 amide bonds. The minimum atomic E-state index is 0.731. The van der Waals surface area contributed by atoms with Gasteiger partial charge in [0.25, 0.3) is 0 Å². The van der Waals surface area contributed by atoms with Crippen molar-refractivity contribution in [3.63, 3.8) is 0 Å². The highest BCUT2D eigenvalue weighted by Gasteiger charge is 2.11. The fraction of sp³-hybridized carbons (Fsp3) is 0.200. The number of hydrogen-bond acceptors (Lipinski definition) is 6. The van der Waals surface area contributed by atoms with E-state index < -0.39 is 0 Å². The van der Waals surface area contributed by atoms with Crippen molar-refractivity contribution in [2.24, 2.45) is 0 Å². The van der Waals surface area contributed by atoms with E-state index in [1.165, 1.54) is 0 Å². The second-order valence-electron chi connectivity index (χ2n) is 4.45. The van der Waals surface area contributed by atoms with Crippen molar-refractivity contribution in [1.29, 1.82) is 0 Å². The summed E-state index contributed by atoms with van der Waals surface area (Å²) < 4.78 is 10.6. The molecular formula is C15H15N3O2S. The Bertz CT molecular complexity index is 786. The number of benzene rings is 1. The number of fused-ring (bicyclic) bond motifs is 1. The van der Waals surface area contributed by atoms with Crippen molar-refractivity contribution in [2.75, 3.05) is 19.5 Å². The molecule has 108 valence electrons. The molecule has 2 aromatic heterocycles. The second kappa shape index (κ2) is 5.57. The molecule has 1 N–H and O–H groups in total. The fourth-order valence-corrected chi connectivity index (χ4v) is 2.91. The first-order valence-corrected chi connectivity index (χ1v) is 7.30. The van der Waals surface area contributed by atoms with Crippen LogP contribution < -0.4 is 14.8 Å². The number of ether oxygens (including phenoxy) is 2. The molecule has 0 bridgehead atoms. The third-order valence-corrected chi connectivity index (χ3v) is 3.90. The van der Waals surface area contributed by atoms with Crippen LogP contribution in [0.15, 0.2) is 29.6 Å². The molecule has 0 fully saturated rings. The first kappa shape index (κ1) is 13.6. The smallest absolute Gasteiger partial charge is 0.143 e. The van der Waals surface area contributed by atoms with Crippen LogP contribution in [0.1, 0.15) is 5.82 Å². The second-order valence-corrected chi connectivity index (χ2v) is 5.34. The van der Waals surface area contributed by atoms with E-state index in [2.05, 4.69) is 15.3 Å². The van der Waals surface area contributed by atoms with Crippen LogP contribution in [0.3, 0.4) is 0 Å². The lowest BCUT2D eigenvalue weighted by molar-refractivity contribution is 0.405. The molecule has 0 aliphatic carbocycles. The van der Waals surface area contributed by atoms with E-state index in [-0.39, 0.29) is 0 Å². The first-order chi connectivity index (χ1) is 10.2. The number of nitrogens with zero attached hydrogens (tertiary/aromatic N) is 2. The van der Waals surface area contributed by atoms with Gasteiger partial charge in [0.15, 0.2) is 0 Å². The molecule has 5 nitrogen and oxygen atoms in total. The van der Waals surface area contributed by atoms with Crippen LogP contribution in [-0.4, -0.2) is 24.2 Å². The molecule has 6 heteroatoms. The topological polar surface area (TPSA) is 56.3 Å². The number of anilines is 2. The number of thiophene rings is 1. The van der Waals surface area contributed by atoms with Crippen LogP contribution in [-0.2, 0) is 0 Å². The monoisotopic (exact) mass is 301 g/mol. The van der Waals surface area contributed by atoms with E-state index >= 15 is 0 Å². The Hall–Kier alpha value is -2.34. The maximum atomic E-state index is 5.38. The van der Waals surface area contributed by atoms with Crippen LogP contribution in [0.25, 0.3) is 10.2 Å². The van der Waals surface area contributed by atoms with Gasteiger partial charge < -0.3 is 14.8 Å². The van der Waals surface area contributed by atoms with Crippen LogP contribution in [0.4, 0.5) is 11.5 Å². The summed E-state index contributed by atoms with van der Waals surface area (Å²) in [6.07, 6.45) is 0. The van der Waals surface area contributed by atoms with Gasteiger partial charge in [-0.3, -0.25) is 0 Å². The van der Waals surface area contributed by atoms with Crippen LogP contribution in [0, 0.1) is 6.92 Å². The maximum absolute atomic E-state index is 5.38. The standard InChI is InChI=1S/C15H15N3O2S/c1-9-16-14(11-6-7-21-15(11)17-9)18-12-8-10(19-2)4-5-13(12)20-3/h4-8H,1-3H3,(H,16,17,18). The van der Waals surface area contributed by atoms with Crippen LogP contribution in [0.2, 0.25) is 0 Å². The summed E-state index contributed by atoms with van der Waals surface area (Å²) in [4.78, 5) is 9.88. The van der Waals surface area contributed by atoms with Crippen molar-refractivity contribution in [3.8, 4) is 11.5 Å². The Morgan fingerprint density at radius 2 is 1.95 bits per heavy atom. The Balaban J connectivity index is 2.07. The van der Waals surface area contributed by atoms with Gasteiger partial charge in [-0.05, 0) is 30.5 Å². The summed E-state index contributed by atoms with van der Waals surface area (Å²) in [6.45, 7) is 1.88. The van der Waals surface area contributed by atoms with Gasteiger partial charge in [0.2, 0.25) is 0 Å². The zero-order valence-corrected chi connectivity index (χ0v) is 12.8. The molecule has 0 atom stereocenters. The first-order valence-electron chi connectivity index (χ1n) is 6.42. The van der Waals surface area contributed by atoms with Gasteiger partial charge in [-0.15, -0.1) is 11.3 Å². The fourth-order valence-electron chi connectivity index (χ4n) is 2.10. The largest absolute Gasteiger partial charge is 0.497 e. The van der Waals surface area contributed by atoms with Gasteiger partial charge in [-0.25, -0.2) is 9.97 Å². The van der Waals surface area contributed by atoms with Crippen LogP contribution in [0.5, 0.6) is 11.5 Å². The number of aryl methyl sites for hydroxylation is 1. The minimum absolute atomic E-state index is 0.731. The highest BCUT2D eigenvalue weighted by Crippen LogP contribution is 2.34. The van der Waals surface area contributed by atoms with E-state index in [0.29, 0.717) is 0 Å². The van der Waals surface area contributed by atoms with Gasteiger partial charge in [0, 0.05) is 6.07 Å². The van der Waals surface area contributed by atoms with Gasteiger partial charge in [0.05, 0.1) is 25.3 Å². The average Bonchev–Trinajstić information content (AvgIpc) is 2.95. The van der Waals surface area contributed by atoms with Gasteiger partial charge in [-0.2, -0.15) is 0 Å². The summed E-state index contributed by atoms with van der Waals surface area (Å²) in [5.74, 6) is 2.99. The van der Waals surface area contributed by atoms with E-state index in [1.54, 1.807) is 25.6 Å². The van der Waals surface area contributed by atoms with Crippen molar-refractivity contribution < 1.29 is 9.47 Å². The Kier molecular flexibility index (Phi) is 3.62.